The molecule has 1 saturated heterocycles. The summed E-state index contributed by atoms with van der Waals surface area (Å²) in [5.74, 6) is 1.29. The summed E-state index contributed by atoms with van der Waals surface area (Å²) in [6.07, 6.45) is 3.94. The second kappa shape index (κ2) is 5.72. The van der Waals surface area contributed by atoms with Crippen LogP contribution in [0.25, 0.3) is 11.0 Å². The van der Waals surface area contributed by atoms with Crippen LogP contribution >= 0.6 is 0 Å². The van der Waals surface area contributed by atoms with Crippen LogP contribution < -0.4 is 5.32 Å². The number of nitrogens with zero attached hydrogens (tertiary/aromatic N) is 3. The Balaban J connectivity index is 1.76. The quantitative estimate of drug-likeness (QED) is 0.918. The molecule has 4 rings (SSSR count). The van der Waals surface area contributed by atoms with Gasteiger partial charge in [-0.3, -0.25) is 9.69 Å². The van der Waals surface area contributed by atoms with Gasteiger partial charge in [0.05, 0.1) is 17.6 Å². The molecule has 0 aliphatic carbocycles. The molecule has 0 saturated carbocycles. The number of amides is 1. The zero-order chi connectivity index (χ0) is 14.9. The molecule has 1 aromatic heterocycles. The van der Waals surface area contributed by atoms with Crippen molar-refractivity contribution in [1.82, 2.24) is 19.8 Å². The lowest BCUT2D eigenvalue weighted by Gasteiger charge is -2.16. The highest BCUT2D eigenvalue weighted by Crippen LogP contribution is 2.24. The molecule has 2 aliphatic heterocycles. The molecule has 1 aromatic carbocycles. The zero-order valence-electron chi connectivity index (χ0n) is 12.8. The van der Waals surface area contributed by atoms with Gasteiger partial charge in [-0.25, -0.2) is 4.98 Å². The number of para-hydroxylation sites is 1. The van der Waals surface area contributed by atoms with Gasteiger partial charge in [-0.05, 0) is 44.0 Å². The van der Waals surface area contributed by atoms with Gasteiger partial charge in [0.15, 0.2) is 0 Å². The van der Waals surface area contributed by atoms with Crippen LogP contribution in [0.4, 0.5) is 0 Å². The molecule has 1 N–H and O–H groups in total. The fraction of sp³-hybridized carbons (Fsp3) is 0.529. The summed E-state index contributed by atoms with van der Waals surface area (Å²) in [6.45, 7) is 4.76. The summed E-state index contributed by atoms with van der Waals surface area (Å²) in [6, 6.07) is 6.29. The predicted molar refractivity (Wildman–Crippen MR) is 85.6 cm³/mol. The highest BCUT2D eigenvalue weighted by Gasteiger charge is 2.20. The Labute approximate surface area is 130 Å². The summed E-state index contributed by atoms with van der Waals surface area (Å²) in [5.41, 5.74) is 3.55. The molecule has 0 spiro atoms. The van der Waals surface area contributed by atoms with Crippen molar-refractivity contribution in [3.63, 3.8) is 0 Å². The largest absolute Gasteiger partial charge is 0.354 e. The van der Waals surface area contributed by atoms with E-state index < -0.39 is 0 Å². The van der Waals surface area contributed by atoms with E-state index >= 15 is 0 Å². The van der Waals surface area contributed by atoms with Crippen LogP contribution in [0.1, 0.15) is 30.7 Å². The second-order valence-electron chi connectivity index (χ2n) is 6.30. The van der Waals surface area contributed by atoms with Crippen LogP contribution in [0.5, 0.6) is 0 Å². The predicted octanol–water partition coefficient (Wildman–Crippen LogP) is 1.69. The number of hydrogen-bond acceptors (Lipinski definition) is 3. The van der Waals surface area contributed by atoms with Gasteiger partial charge < -0.3 is 9.88 Å². The lowest BCUT2D eigenvalue weighted by Crippen LogP contribution is -2.27. The van der Waals surface area contributed by atoms with Gasteiger partial charge >= 0.3 is 0 Å². The number of nitrogens with one attached hydrogen (secondary N) is 1. The maximum Gasteiger partial charge on any atom is 0.220 e. The summed E-state index contributed by atoms with van der Waals surface area (Å²) < 4.78 is 2.33. The highest BCUT2D eigenvalue weighted by atomic mass is 16.1. The van der Waals surface area contributed by atoms with Crippen LogP contribution in [0.3, 0.4) is 0 Å². The third-order valence-corrected chi connectivity index (χ3v) is 4.77. The van der Waals surface area contributed by atoms with Crippen molar-refractivity contribution in [2.45, 2.75) is 38.8 Å². The first-order chi connectivity index (χ1) is 10.8. The van der Waals surface area contributed by atoms with E-state index in [0.717, 1.165) is 30.9 Å². The van der Waals surface area contributed by atoms with E-state index in [0.29, 0.717) is 13.0 Å². The first kappa shape index (κ1) is 13.8. The topological polar surface area (TPSA) is 50.2 Å². The molecule has 1 fully saturated rings. The Morgan fingerprint density at radius 2 is 2.00 bits per heavy atom. The number of benzene rings is 1. The smallest absolute Gasteiger partial charge is 0.220 e. The Bertz CT molecular complexity index is 700. The number of likely N-dealkylation sites (tertiary alicyclic amines) is 1. The number of aryl methyl sites for hydroxylation is 1. The van der Waals surface area contributed by atoms with Gasteiger partial charge in [0.25, 0.3) is 0 Å². The van der Waals surface area contributed by atoms with Crippen molar-refractivity contribution in [2.75, 3.05) is 19.6 Å². The number of imidazole rings is 1. The number of carbonyl (C=O) groups excluding carboxylic acids is 1. The van der Waals surface area contributed by atoms with E-state index in [1.54, 1.807) is 0 Å². The fourth-order valence-corrected chi connectivity index (χ4v) is 3.66. The van der Waals surface area contributed by atoms with Gasteiger partial charge in [0, 0.05) is 19.5 Å². The molecule has 2 aliphatic rings. The molecule has 22 heavy (non-hydrogen) atoms. The van der Waals surface area contributed by atoms with Gasteiger partial charge in [-0.15, -0.1) is 0 Å². The van der Waals surface area contributed by atoms with E-state index in [4.69, 9.17) is 4.98 Å². The molecule has 116 valence electrons. The Kier molecular flexibility index (Phi) is 3.58. The molecule has 5 nitrogen and oxygen atoms in total. The van der Waals surface area contributed by atoms with E-state index in [1.165, 1.54) is 37.0 Å². The summed E-state index contributed by atoms with van der Waals surface area (Å²) in [5, 5.41) is 3.01. The second-order valence-corrected chi connectivity index (χ2v) is 6.30. The number of aromatic nitrogens is 2. The van der Waals surface area contributed by atoms with Gasteiger partial charge in [0.1, 0.15) is 5.82 Å². The molecule has 0 bridgehead atoms. The fourth-order valence-electron chi connectivity index (χ4n) is 3.66. The first-order valence-electron chi connectivity index (χ1n) is 8.27. The summed E-state index contributed by atoms with van der Waals surface area (Å²) >= 11 is 0. The van der Waals surface area contributed by atoms with E-state index in [-0.39, 0.29) is 5.91 Å². The first-order valence-corrected chi connectivity index (χ1v) is 8.27. The van der Waals surface area contributed by atoms with E-state index in [2.05, 4.69) is 33.0 Å². The Hall–Kier alpha value is -1.88. The Morgan fingerprint density at radius 3 is 2.86 bits per heavy atom. The number of carbonyl (C=O) groups is 1. The monoisotopic (exact) mass is 298 g/mol. The standard InChI is InChI=1S/C17H22N4O/c22-16-7-6-13-4-3-5-14-17(13)21(11-8-18-16)15(19-14)12-20-9-1-2-10-20/h3-5H,1-2,6-12H2,(H,18,22). The minimum Gasteiger partial charge on any atom is -0.354 e. The van der Waals surface area contributed by atoms with Crippen molar-refractivity contribution < 1.29 is 4.79 Å². The van der Waals surface area contributed by atoms with Crippen LogP contribution in [-0.2, 0) is 24.3 Å². The Morgan fingerprint density at radius 1 is 1.14 bits per heavy atom. The maximum atomic E-state index is 11.8. The van der Waals surface area contributed by atoms with Gasteiger partial charge in [-0.1, -0.05) is 12.1 Å². The maximum absolute atomic E-state index is 11.8. The third-order valence-electron chi connectivity index (χ3n) is 4.77. The minimum absolute atomic E-state index is 0.150. The lowest BCUT2D eigenvalue weighted by atomic mass is 10.1. The average Bonchev–Trinajstić information content (AvgIpc) is 3.14. The minimum atomic E-state index is 0.150. The highest BCUT2D eigenvalue weighted by molar-refractivity contribution is 5.82. The van der Waals surface area contributed by atoms with Crippen LogP contribution in [-0.4, -0.2) is 40.0 Å². The molecule has 1 amide bonds. The molecule has 0 unspecified atom stereocenters. The molecular weight excluding hydrogens is 276 g/mol. The van der Waals surface area contributed by atoms with Gasteiger partial charge in [0.2, 0.25) is 5.91 Å². The van der Waals surface area contributed by atoms with Crippen molar-refractivity contribution >= 4 is 16.9 Å². The SMILES string of the molecule is O=C1CCc2cccc3nc(CN4CCCC4)n(c23)CCN1. The van der Waals surface area contributed by atoms with Gasteiger partial charge in [-0.2, -0.15) is 0 Å². The van der Waals surface area contributed by atoms with E-state index in [1.807, 2.05) is 0 Å². The van der Waals surface area contributed by atoms with Crippen molar-refractivity contribution in [2.24, 2.45) is 0 Å². The zero-order valence-corrected chi connectivity index (χ0v) is 12.8. The molecule has 3 heterocycles. The molecular formula is C17H22N4O. The number of hydrogen-bond donors (Lipinski definition) is 1. The molecule has 5 heteroatoms. The normalized spacial score (nSPS) is 19.7. The van der Waals surface area contributed by atoms with Crippen LogP contribution in [0, 0.1) is 0 Å². The van der Waals surface area contributed by atoms with Crippen molar-refractivity contribution in [3.8, 4) is 0 Å². The lowest BCUT2D eigenvalue weighted by molar-refractivity contribution is -0.121. The summed E-state index contributed by atoms with van der Waals surface area (Å²) in [7, 11) is 0. The third kappa shape index (κ3) is 2.50. The van der Waals surface area contributed by atoms with Crippen LogP contribution in [0.15, 0.2) is 18.2 Å². The number of rotatable bonds is 2. The molecule has 0 radical (unpaired) electrons. The van der Waals surface area contributed by atoms with Crippen molar-refractivity contribution in [1.29, 1.82) is 0 Å². The van der Waals surface area contributed by atoms with Crippen LogP contribution in [0.2, 0.25) is 0 Å². The summed E-state index contributed by atoms with van der Waals surface area (Å²) in [4.78, 5) is 19.2. The van der Waals surface area contributed by atoms with E-state index in [9.17, 15) is 4.79 Å². The van der Waals surface area contributed by atoms with Crippen molar-refractivity contribution in [3.05, 3.63) is 29.6 Å². The molecule has 2 aromatic rings. The average molecular weight is 298 g/mol. The molecule has 0 atom stereocenters.